The zero-order valence-electron chi connectivity index (χ0n) is 14.4. The van der Waals surface area contributed by atoms with E-state index < -0.39 is 17.2 Å². The van der Waals surface area contributed by atoms with Gasteiger partial charge >= 0.3 is 0 Å². The Labute approximate surface area is 158 Å². The minimum atomic E-state index is -0.688. The Hall–Kier alpha value is -3.48. The summed E-state index contributed by atoms with van der Waals surface area (Å²) in [6.07, 6.45) is 0. The van der Waals surface area contributed by atoms with Crippen LogP contribution in [0.5, 0.6) is 5.75 Å². The second-order valence-electron chi connectivity index (χ2n) is 5.79. The van der Waals surface area contributed by atoms with Gasteiger partial charge < -0.3 is 14.6 Å². The number of aromatic nitrogens is 1. The SMILES string of the molecule is CN(C(=O)c1c(O)c2c(Cl)cccc2n(C)c1=O)c1ccc(N=[N+]=[N-])cc1. The highest BCUT2D eigenvalue weighted by Gasteiger charge is 2.25. The molecular weight excluding hydrogens is 370 g/mol. The highest BCUT2D eigenvalue weighted by atomic mass is 35.5. The molecule has 1 heterocycles. The lowest BCUT2D eigenvalue weighted by atomic mass is 10.1. The first kappa shape index (κ1) is 18.3. The Balaban J connectivity index is 2.14. The van der Waals surface area contributed by atoms with E-state index in [0.717, 1.165) is 0 Å². The van der Waals surface area contributed by atoms with E-state index in [1.54, 1.807) is 30.3 Å². The number of aromatic hydroxyl groups is 1. The molecule has 0 fully saturated rings. The number of carbonyl (C=O) groups is 1. The predicted octanol–water partition coefficient (Wildman–Crippen LogP) is 4.12. The maximum atomic E-state index is 12.9. The predicted molar refractivity (Wildman–Crippen MR) is 104 cm³/mol. The molecular formula is C18H14ClN5O3. The molecule has 0 saturated heterocycles. The quantitative estimate of drug-likeness (QED) is 0.417. The zero-order chi connectivity index (χ0) is 19.7. The van der Waals surface area contributed by atoms with Crippen molar-refractivity contribution in [2.24, 2.45) is 12.2 Å². The number of anilines is 1. The van der Waals surface area contributed by atoms with Crippen molar-refractivity contribution in [2.45, 2.75) is 0 Å². The molecule has 3 aromatic rings. The molecule has 1 aromatic heterocycles. The molecule has 8 nitrogen and oxygen atoms in total. The van der Waals surface area contributed by atoms with E-state index in [2.05, 4.69) is 10.0 Å². The fourth-order valence-corrected chi connectivity index (χ4v) is 3.06. The summed E-state index contributed by atoms with van der Waals surface area (Å²) in [5.41, 5.74) is 8.70. The Morgan fingerprint density at radius 1 is 1.26 bits per heavy atom. The highest BCUT2D eigenvalue weighted by molar-refractivity contribution is 6.36. The van der Waals surface area contributed by atoms with Crippen molar-refractivity contribution in [1.82, 2.24) is 4.57 Å². The standard InChI is InChI=1S/C18H14ClN5O3/c1-23(11-8-6-10(7-9-11)21-22-20)17(26)15-16(25)14-12(19)4-3-5-13(14)24(2)18(15)27/h3-9,25H,1-2H3. The van der Waals surface area contributed by atoms with Crippen LogP contribution in [0.4, 0.5) is 11.4 Å². The third-order valence-corrected chi connectivity index (χ3v) is 4.58. The summed E-state index contributed by atoms with van der Waals surface area (Å²) in [6.45, 7) is 0. The first-order valence-electron chi connectivity index (χ1n) is 7.80. The molecule has 0 saturated carbocycles. The van der Waals surface area contributed by atoms with E-state index in [0.29, 0.717) is 16.9 Å². The average molecular weight is 384 g/mol. The van der Waals surface area contributed by atoms with Crippen molar-refractivity contribution in [2.75, 3.05) is 11.9 Å². The van der Waals surface area contributed by atoms with Crippen LogP contribution in [0.15, 0.2) is 52.4 Å². The summed E-state index contributed by atoms with van der Waals surface area (Å²) < 4.78 is 1.27. The number of carbonyl (C=O) groups excluding carboxylic acids is 1. The molecule has 0 spiro atoms. The number of aryl methyl sites for hydroxylation is 1. The Bertz CT molecular complexity index is 1160. The maximum absolute atomic E-state index is 12.9. The second-order valence-corrected chi connectivity index (χ2v) is 6.20. The summed E-state index contributed by atoms with van der Waals surface area (Å²) >= 11 is 6.17. The monoisotopic (exact) mass is 383 g/mol. The van der Waals surface area contributed by atoms with Gasteiger partial charge in [-0.2, -0.15) is 0 Å². The molecule has 1 amide bonds. The lowest BCUT2D eigenvalue weighted by Crippen LogP contribution is -2.34. The van der Waals surface area contributed by atoms with Crippen LogP contribution in [-0.2, 0) is 7.05 Å². The molecule has 27 heavy (non-hydrogen) atoms. The summed E-state index contributed by atoms with van der Waals surface area (Å²) in [6, 6.07) is 11.1. The van der Waals surface area contributed by atoms with Crippen molar-refractivity contribution in [3.8, 4) is 5.75 Å². The molecule has 0 aliphatic carbocycles. The number of nitrogens with zero attached hydrogens (tertiary/aromatic N) is 5. The van der Waals surface area contributed by atoms with Gasteiger partial charge in [0.05, 0.1) is 15.9 Å². The van der Waals surface area contributed by atoms with Crippen LogP contribution in [0.3, 0.4) is 0 Å². The normalized spacial score (nSPS) is 10.5. The Morgan fingerprint density at radius 3 is 2.56 bits per heavy atom. The largest absolute Gasteiger partial charge is 0.506 e. The molecule has 1 N–H and O–H groups in total. The van der Waals surface area contributed by atoms with E-state index in [9.17, 15) is 14.7 Å². The van der Waals surface area contributed by atoms with Gasteiger partial charge in [-0.25, -0.2) is 0 Å². The molecule has 9 heteroatoms. The minimum absolute atomic E-state index is 0.232. The molecule has 0 aliphatic rings. The Morgan fingerprint density at radius 2 is 1.93 bits per heavy atom. The number of benzene rings is 2. The number of fused-ring (bicyclic) bond motifs is 1. The number of azide groups is 1. The van der Waals surface area contributed by atoms with Crippen LogP contribution in [0.2, 0.25) is 5.02 Å². The van der Waals surface area contributed by atoms with E-state index >= 15 is 0 Å². The summed E-state index contributed by atoms with van der Waals surface area (Å²) in [5.74, 6) is -1.15. The molecule has 3 rings (SSSR count). The fourth-order valence-electron chi connectivity index (χ4n) is 2.80. The number of rotatable bonds is 3. The van der Waals surface area contributed by atoms with E-state index in [1.807, 2.05) is 0 Å². The van der Waals surface area contributed by atoms with Gasteiger partial charge in [-0.05, 0) is 29.8 Å². The van der Waals surface area contributed by atoms with Gasteiger partial charge in [-0.1, -0.05) is 34.9 Å². The lowest BCUT2D eigenvalue weighted by Gasteiger charge is -2.19. The van der Waals surface area contributed by atoms with E-state index in [-0.39, 0.29) is 16.0 Å². The minimum Gasteiger partial charge on any atom is -0.506 e. The number of hydrogen-bond donors (Lipinski definition) is 1. The molecule has 136 valence electrons. The molecule has 0 aliphatic heterocycles. The van der Waals surface area contributed by atoms with Crippen molar-refractivity contribution in [3.05, 3.63) is 73.8 Å². The van der Waals surface area contributed by atoms with Gasteiger partial charge in [0.1, 0.15) is 11.3 Å². The number of amides is 1. The third kappa shape index (κ3) is 3.08. The van der Waals surface area contributed by atoms with Gasteiger partial charge in [0.2, 0.25) is 0 Å². The van der Waals surface area contributed by atoms with E-state index in [1.165, 1.54) is 35.7 Å². The number of pyridine rings is 1. The van der Waals surface area contributed by atoms with Crippen molar-refractivity contribution in [1.29, 1.82) is 0 Å². The average Bonchev–Trinajstić information content (AvgIpc) is 2.66. The molecule has 0 radical (unpaired) electrons. The third-order valence-electron chi connectivity index (χ3n) is 4.26. The maximum Gasteiger partial charge on any atom is 0.267 e. The van der Waals surface area contributed by atoms with Crippen LogP contribution in [0.25, 0.3) is 21.3 Å². The van der Waals surface area contributed by atoms with Gasteiger partial charge in [-0.15, -0.1) is 0 Å². The van der Waals surface area contributed by atoms with Crippen LogP contribution < -0.4 is 10.5 Å². The van der Waals surface area contributed by atoms with Gasteiger partial charge in [-0.3, -0.25) is 9.59 Å². The lowest BCUT2D eigenvalue weighted by molar-refractivity contribution is 0.0988. The first-order chi connectivity index (χ1) is 12.9. The van der Waals surface area contributed by atoms with Gasteiger partial charge in [0.25, 0.3) is 11.5 Å². The van der Waals surface area contributed by atoms with Crippen LogP contribution in [0, 0.1) is 0 Å². The molecule has 0 bridgehead atoms. The smallest absolute Gasteiger partial charge is 0.267 e. The van der Waals surface area contributed by atoms with Crippen molar-refractivity contribution >= 4 is 39.8 Å². The van der Waals surface area contributed by atoms with Crippen LogP contribution in [0.1, 0.15) is 10.4 Å². The van der Waals surface area contributed by atoms with Crippen molar-refractivity contribution in [3.63, 3.8) is 0 Å². The van der Waals surface area contributed by atoms with Gasteiger partial charge in [0.15, 0.2) is 0 Å². The number of halogens is 1. The van der Waals surface area contributed by atoms with Crippen LogP contribution >= 0.6 is 11.6 Å². The summed E-state index contributed by atoms with van der Waals surface area (Å²) in [7, 11) is 2.98. The zero-order valence-corrected chi connectivity index (χ0v) is 15.2. The summed E-state index contributed by atoms with van der Waals surface area (Å²) in [5, 5.41) is 14.5. The Kier molecular flexibility index (Phi) is 4.77. The molecule has 0 atom stereocenters. The van der Waals surface area contributed by atoms with Gasteiger partial charge in [0, 0.05) is 30.4 Å². The molecule has 2 aromatic carbocycles. The second kappa shape index (κ2) is 7.03. The fraction of sp³-hybridized carbons (Fsp3) is 0.111. The van der Waals surface area contributed by atoms with E-state index in [4.69, 9.17) is 17.1 Å². The first-order valence-corrected chi connectivity index (χ1v) is 8.18. The van der Waals surface area contributed by atoms with Crippen molar-refractivity contribution < 1.29 is 9.90 Å². The van der Waals surface area contributed by atoms with Crippen LogP contribution in [-0.4, -0.2) is 22.6 Å². The summed E-state index contributed by atoms with van der Waals surface area (Å²) in [4.78, 5) is 29.5. The topological polar surface area (TPSA) is 111 Å². The highest BCUT2D eigenvalue weighted by Crippen LogP contribution is 2.33. The number of hydrogen-bond acceptors (Lipinski definition) is 4. The molecule has 0 unspecified atom stereocenters.